The van der Waals surface area contributed by atoms with Crippen molar-refractivity contribution in [2.75, 3.05) is 24.6 Å². The summed E-state index contributed by atoms with van der Waals surface area (Å²) in [5.74, 6) is 2.03. The molecule has 0 unspecified atom stereocenters. The molecule has 154 valence electrons. The molecule has 7 nitrogen and oxygen atoms in total. The number of benzene rings is 1. The van der Waals surface area contributed by atoms with Gasteiger partial charge in [-0.2, -0.15) is 0 Å². The zero-order valence-corrected chi connectivity index (χ0v) is 17.0. The third kappa shape index (κ3) is 2.99. The monoisotopic (exact) mass is 403 g/mol. The van der Waals surface area contributed by atoms with Gasteiger partial charge < -0.3 is 14.1 Å². The summed E-state index contributed by atoms with van der Waals surface area (Å²) in [5.41, 5.74) is 2.95. The van der Waals surface area contributed by atoms with E-state index in [-0.39, 0.29) is 5.60 Å². The van der Waals surface area contributed by atoms with Crippen LogP contribution in [0.3, 0.4) is 0 Å². The summed E-state index contributed by atoms with van der Waals surface area (Å²) in [4.78, 5) is 11.8. The summed E-state index contributed by atoms with van der Waals surface area (Å²) >= 11 is 0. The van der Waals surface area contributed by atoms with E-state index in [1.807, 2.05) is 24.4 Å². The number of hydrogen-bond donors (Lipinski definition) is 0. The van der Waals surface area contributed by atoms with Crippen molar-refractivity contribution in [3.8, 4) is 11.4 Å². The first-order valence-corrected chi connectivity index (χ1v) is 10.9. The van der Waals surface area contributed by atoms with Crippen LogP contribution in [0.4, 0.5) is 6.01 Å². The highest BCUT2D eigenvalue weighted by atomic mass is 16.5. The van der Waals surface area contributed by atoms with Crippen molar-refractivity contribution in [2.24, 2.45) is 0 Å². The first kappa shape index (κ1) is 18.0. The average molecular weight is 403 g/mol. The largest absolute Gasteiger partial charge is 0.408 e. The summed E-state index contributed by atoms with van der Waals surface area (Å²) in [6.45, 7) is 2.35. The maximum Gasteiger partial charge on any atom is 0.318 e. The van der Waals surface area contributed by atoms with E-state index in [2.05, 4.69) is 32.2 Å². The van der Waals surface area contributed by atoms with Gasteiger partial charge in [0.05, 0.1) is 12.3 Å². The fourth-order valence-electron chi connectivity index (χ4n) is 4.75. The molecule has 3 aliphatic rings. The van der Waals surface area contributed by atoms with E-state index in [0.717, 1.165) is 55.3 Å². The maximum atomic E-state index is 6.39. The molecular weight excluding hydrogens is 378 g/mol. The highest BCUT2D eigenvalue weighted by Gasteiger charge is 2.43. The quantitative estimate of drug-likeness (QED) is 0.657. The van der Waals surface area contributed by atoms with E-state index in [1.54, 1.807) is 0 Å². The molecule has 3 aromatic rings. The molecule has 0 N–H and O–H groups in total. The topological polar surface area (TPSA) is 77.2 Å². The van der Waals surface area contributed by atoms with Crippen LogP contribution in [0.1, 0.15) is 55.2 Å². The lowest BCUT2D eigenvalue weighted by atomic mass is 9.83. The lowest BCUT2D eigenvalue weighted by molar-refractivity contribution is -0.0804. The smallest absolute Gasteiger partial charge is 0.318 e. The molecule has 2 aliphatic heterocycles. The number of nitrogens with zero attached hydrogens (tertiary/aromatic N) is 5. The predicted octanol–water partition coefficient (Wildman–Crippen LogP) is 3.86. The molecule has 1 spiro atoms. The number of fused-ring (bicyclic) bond motifs is 2. The van der Waals surface area contributed by atoms with Crippen LogP contribution >= 0.6 is 0 Å². The average Bonchev–Trinajstić information content (AvgIpc) is 3.23. The van der Waals surface area contributed by atoms with Crippen molar-refractivity contribution >= 4 is 6.01 Å². The summed E-state index contributed by atoms with van der Waals surface area (Å²) in [7, 11) is 0. The van der Waals surface area contributed by atoms with Gasteiger partial charge in [-0.1, -0.05) is 41.9 Å². The fraction of sp³-hybridized carbons (Fsp3) is 0.478. The van der Waals surface area contributed by atoms with E-state index in [0.29, 0.717) is 18.5 Å². The first-order chi connectivity index (χ1) is 14.8. The van der Waals surface area contributed by atoms with Gasteiger partial charge in [-0.25, -0.2) is 9.97 Å². The van der Waals surface area contributed by atoms with Crippen molar-refractivity contribution in [3.63, 3.8) is 0 Å². The summed E-state index contributed by atoms with van der Waals surface area (Å²) in [5, 5.41) is 8.61. The van der Waals surface area contributed by atoms with Crippen LogP contribution in [-0.2, 0) is 16.8 Å². The molecule has 1 aromatic carbocycles. The third-order valence-electron chi connectivity index (χ3n) is 6.80. The standard InChI is InChI=1S/C23H25N5O2/c1-2-5-16(6-3-1)20-24-15-18-9-14-29-23(19(18)25-20)10-12-28(13-11-23)22-27-26-21(30-22)17-7-4-8-17/h1-3,5-6,15,17H,4,7-14H2. The van der Waals surface area contributed by atoms with Gasteiger partial charge in [0.2, 0.25) is 5.89 Å². The lowest BCUT2D eigenvalue weighted by Gasteiger charge is -2.43. The molecule has 4 heterocycles. The van der Waals surface area contributed by atoms with Gasteiger partial charge in [-0.3, -0.25) is 0 Å². The van der Waals surface area contributed by atoms with Gasteiger partial charge in [-0.05, 0) is 37.7 Å². The Morgan fingerprint density at radius 2 is 1.87 bits per heavy atom. The Balaban J connectivity index is 1.25. The van der Waals surface area contributed by atoms with Gasteiger partial charge in [-0.15, -0.1) is 5.10 Å². The summed E-state index contributed by atoms with van der Waals surface area (Å²) in [6.07, 6.45) is 8.16. The molecule has 30 heavy (non-hydrogen) atoms. The number of aromatic nitrogens is 4. The van der Waals surface area contributed by atoms with Gasteiger partial charge in [0, 0.05) is 30.8 Å². The Bertz CT molecular complexity index is 1040. The fourth-order valence-corrected chi connectivity index (χ4v) is 4.75. The Hall–Kier alpha value is -2.80. The molecule has 0 atom stereocenters. The highest BCUT2D eigenvalue weighted by Crippen LogP contribution is 2.42. The van der Waals surface area contributed by atoms with Gasteiger partial charge in [0.25, 0.3) is 0 Å². The minimum absolute atomic E-state index is 0.354. The Morgan fingerprint density at radius 1 is 1.03 bits per heavy atom. The van der Waals surface area contributed by atoms with Crippen molar-refractivity contribution in [1.29, 1.82) is 0 Å². The van der Waals surface area contributed by atoms with Crippen LogP contribution in [0.5, 0.6) is 0 Å². The molecule has 1 saturated carbocycles. The minimum atomic E-state index is -0.354. The zero-order chi connectivity index (χ0) is 20.0. The van der Waals surface area contributed by atoms with Crippen molar-refractivity contribution in [1.82, 2.24) is 20.2 Å². The van der Waals surface area contributed by atoms with Crippen LogP contribution in [0.2, 0.25) is 0 Å². The normalized spacial score (nSPS) is 20.7. The number of rotatable bonds is 3. The Labute approximate surface area is 175 Å². The van der Waals surface area contributed by atoms with E-state index in [1.165, 1.54) is 24.8 Å². The van der Waals surface area contributed by atoms with Crippen LogP contribution in [0.15, 0.2) is 40.9 Å². The third-order valence-corrected chi connectivity index (χ3v) is 6.80. The molecule has 7 heteroatoms. The van der Waals surface area contributed by atoms with E-state index < -0.39 is 0 Å². The molecule has 6 rings (SSSR count). The first-order valence-electron chi connectivity index (χ1n) is 10.9. The number of anilines is 1. The Kier molecular flexibility index (Phi) is 4.30. The number of ether oxygens (including phenoxy) is 1. The molecule has 2 fully saturated rings. The van der Waals surface area contributed by atoms with Crippen LogP contribution in [0.25, 0.3) is 11.4 Å². The summed E-state index contributed by atoms with van der Waals surface area (Å²) in [6, 6.07) is 10.8. The SMILES string of the molecule is c1ccc(-c2ncc3c(n2)C2(CCN(c4nnc(C5CCC5)o4)CC2)OCC3)cc1. The second kappa shape index (κ2) is 7.16. The predicted molar refractivity (Wildman–Crippen MR) is 111 cm³/mol. The second-order valence-corrected chi connectivity index (χ2v) is 8.56. The molecule has 1 saturated heterocycles. The Morgan fingerprint density at radius 3 is 2.63 bits per heavy atom. The molecular formula is C23H25N5O2. The molecule has 1 aliphatic carbocycles. The van der Waals surface area contributed by atoms with Crippen molar-refractivity contribution in [2.45, 2.75) is 50.0 Å². The molecule has 0 bridgehead atoms. The molecule has 0 radical (unpaired) electrons. The van der Waals surface area contributed by atoms with Crippen molar-refractivity contribution in [3.05, 3.63) is 53.7 Å². The van der Waals surface area contributed by atoms with Crippen LogP contribution in [0, 0.1) is 0 Å². The molecule has 2 aromatic heterocycles. The van der Waals surface area contributed by atoms with Gasteiger partial charge >= 0.3 is 6.01 Å². The van der Waals surface area contributed by atoms with Gasteiger partial charge in [0.1, 0.15) is 5.60 Å². The van der Waals surface area contributed by atoms with E-state index in [9.17, 15) is 0 Å². The lowest BCUT2D eigenvalue weighted by Crippen LogP contribution is -2.47. The summed E-state index contributed by atoms with van der Waals surface area (Å²) < 4.78 is 12.4. The van der Waals surface area contributed by atoms with Crippen LogP contribution in [-0.4, -0.2) is 39.9 Å². The minimum Gasteiger partial charge on any atom is -0.408 e. The number of piperidine rings is 1. The zero-order valence-electron chi connectivity index (χ0n) is 17.0. The van der Waals surface area contributed by atoms with Crippen LogP contribution < -0.4 is 4.90 Å². The second-order valence-electron chi connectivity index (χ2n) is 8.56. The maximum absolute atomic E-state index is 6.39. The van der Waals surface area contributed by atoms with E-state index in [4.69, 9.17) is 14.1 Å². The number of hydrogen-bond acceptors (Lipinski definition) is 7. The van der Waals surface area contributed by atoms with Crippen molar-refractivity contribution < 1.29 is 9.15 Å². The van der Waals surface area contributed by atoms with E-state index >= 15 is 0 Å². The molecule has 0 amide bonds. The highest BCUT2D eigenvalue weighted by molar-refractivity contribution is 5.55. The van der Waals surface area contributed by atoms with Gasteiger partial charge in [0.15, 0.2) is 5.82 Å².